The van der Waals surface area contributed by atoms with Gasteiger partial charge in [0.2, 0.25) is 0 Å². The standard InChI is InChI=1S/C13H13NO5/c1-3-18-12(15)8-19-11-5-4-9(7-14)6-10(11)13(16)17-2/h4-6H,3,8H2,1-2H3. The SMILES string of the molecule is CCOC(=O)COc1ccc(C#N)cc1C(=O)OC. The third-order valence-electron chi connectivity index (χ3n) is 2.16. The third-order valence-corrected chi connectivity index (χ3v) is 2.16. The quantitative estimate of drug-likeness (QED) is 0.744. The van der Waals surface area contributed by atoms with Crippen LogP contribution in [0.25, 0.3) is 0 Å². The minimum atomic E-state index is -0.643. The highest BCUT2D eigenvalue weighted by molar-refractivity contribution is 5.93. The summed E-state index contributed by atoms with van der Waals surface area (Å²) in [6.07, 6.45) is 0. The molecule has 0 fully saturated rings. The number of benzene rings is 1. The van der Waals surface area contributed by atoms with Crippen molar-refractivity contribution in [2.75, 3.05) is 20.3 Å². The molecular formula is C13H13NO5. The summed E-state index contributed by atoms with van der Waals surface area (Å²) in [4.78, 5) is 22.7. The summed E-state index contributed by atoms with van der Waals surface area (Å²) in [6, 6.07) is 6.16. The molecule has 0 bridgehead atoms. The van der Waals surface area contributed by atoms with Crippen molar-refractivity contribution in [3.63, 3.8) is 0 Å². The first-order chi connectivity index (χ1) is 9.12. The van der Waals surface area contributed by atoms with Gasteiger partial charge < -0.3 is 14.2 Å². The van der Waals surface area contributed by atoms with Crippen molar-refractivity contribution in [3.8, 4) is 11.8 Å². The van der Waals surface area contributed by atoms with Crippen molar-refractivity contribution in [2.24, 2.45) is 0 Å². The number of methoxy groups -OCH3 is 1. The van der Waals surface area contributed by atoms with E-state index in [1.165, 1.54) is 25.3 Å². The van der Waals surface area contributed by atoms with Crippen LogP contribution in [0.4, 0.5) is 0 Å². The first-order valence-corrected chi connectivity index (χ1v) is 5.53. The lowest BCUT2D eigenvalue weighted by Gasteiger charge is -2.09. The van der Waals surface area contributed by atoms with Crippen LogP contribution in [0.1, 0.15) is 22.8 Å². The maximum absolute atomic E-state index is 11.5. The minimum absolute atomic E-state index is 0.0887. The fourth-order valence-electron chi connectivity index (χ4n) is 1.33. The monoisotopic (exact) mass is 263 g/mol. The first kappa shape index (κ1) is 14.5. The maximum atomic E-state index is 11.5. The van der Waals surface area contributed by atoms with Crippen LogP contribution in [0.15, 0.2) is 18.2 Å². The second-order valence-electron chi connectivity index (χ2n) is 3.41. The Morgan fingerprint density at radius 3 is 2.68 bits per heavy atom. The van der Waals surface area contributed by atoms with Gasteiger partial charge in [-0.15, -0.1) is 0 Å². The van der Waals surface area contributed by atoms with Gasteiger partial charge in [-0.1, -0.05) is 0 Å². The van der Waals surface area contributed by atoms with E-state index < -0.39 is 11.9 Å². The largest absolute Gasteiger partial charge is 0.481 e. The van der Waals surface area contributed by atoms with Crippen LogP contribution in [-0.4, -0.2) is 32.3 Å². The maximum Gasteiger partial charge on any atom is 0.344 e. The zero-order valence-electron chi connectivity index (χ0n) is 10.6. The molecule has 1 aromatic carbocycles. The Bertz CT molecular complexity index is 518. The number of nitriles is 1. The summed E-state index contributed by atoms with van der Waals surface area (Å²) >= 11 is 0. The molecule has 6 nitrogen and oxygen atoms in total. The van der Waals surface area contributed by atoms with Gasteiger partial charge in [-0.2, -0.15) is 5.26 Å². The number of esters is 2. The Balaban J connectivity index is 2.91. The molecule has 0 aliphatic heterocycles. The number of hydrogen-bond acceptors (Lipinski definition) is 6. The number of carbonyl (C=O) groups excluding carboxylic acids is 2. The van der Waals surface area contributed by atoms with Crippen molar-refractivity contribution in [1.82, 2.24) is 0 Å². The van der Waals surface area contributed by atoms with Crippen LogP contribution in [0.3, 0.4) is 0 Å². The van der Waals surface area contributed by atoms with Gasteiger partial charge in [0.1, 0.15) is 11.3 Å². The van der Waals surface area contributed by atoms with Crippen LogP contribution in [0, 0.1) is 11.3 Å². The Hall–Kier alpha value is -2.55. The minimum Gasteiger partial charge on any atom is -0.481 e. The molecule has 0 saturated carbocycles. The first-order valence-electron chi connectivity index (χ1n) is 5.53. The summed E-state index contributed by atoms with van der Waals surface area (Å²) in [5.41, 5.74) is 0.384. The fourth-order valence-corrected chi connectivity index (χ4v) is 1.33. The molecule has 0 atom stereocenters. The van der Waals surface area contributed by atoms with Gasteiger partial charge >= 0.3 is 11.9 Å². The number of nitrogens with zero attached hydrogens (tertiary/aromatic N) is 1. The Kier molecular flexibility index (Phi) is 5.35. The van der Waals surface area contributed by atoms with Crippen molar-refractivity contribution in [3.05, 3.63) is 29.3 Å². The molecule has 0 heterocycles. The summed E-state index contributed by atoms with van der Waals surface area (Å²) in [5.74, 6) is -1.02. The molecule has 0 spiro atoms. The second kappa shape index (κ2) is 7.01. The lowest BCUT2D eigenvalue weighted by molar-refractivity contribution is -0.145. The summed E-state index contributed by atoms with van der Waals surface area (Å²) in [7, 11) is 1.22. The molecule has 0 N–H and O–H groups in total. The molecule has 1 rings (SSSR count). The van der Waals surface area contributed by atoms with E-state index in [2.05, 4.69) is 4.74 Å². The average molecular weight is 263 g/mol. The lowest BCUT2D eigenvalue weighted by atomic mass is 10.1. The van der Waals surface area contributed by atoms with Crippen LogP contribution in [0.5, 0.6) is 5.75 Å². The predicted molar refractivity (Wildman–Crippen MR) is 64.6 cm³/mol. The fraction of sp³-hybridized carbons (Fsp3) is 0.308. The molecule has 0 saturated heterocycles. The zero-order valence-corrected chi connectivity index (χ0v) is 10.6. The van der Waals surface area contributed by atoms with E-state index in [-0.39, 0.29) is 24.5 Å². The number of hydrogen-bond donors (Lipinski definition) is 0. The molecule has 0 aliphatic carbocycles. The number of carbonyl (C=O) groups is 2. The van der Waals surface area contributed by atoms with Gasteiger partial charge in [-0.05, 0) is 25.1 Å². The van der Waals surface area contributed by atoms with Crippen molar-refractivity contribution in [2.45, 2.75) is 6.92 Å². The van der Waals surface area contributed by atoms with Crippen LogP contribution in [-0.2, 0) is 14.3 Å². The van der Waals surface area contributed by atoms with E-state index in [0.717, 1.165) is 0 Å². The zero-order chi connectivity index (χ0) is 14.3. The van der Waals surface area contributed by atoms with Gasteiger partial charge in [0.25, 0.3) is 0 Å². The lowest BCUT2D eigenvalue weighted by Crippen LogP contribution is -2.16. The van der Waals surface area contributed by atoms with Crippen molar-refractivity contribution in [1.29, 1.82) is 5.26 Å². The van der Waals surface area contributed by atoms with Crippen molar-refractivity contribution >= 4 is 11.9 Å². The topological polar surface area (TPSA) is 85.6 Å². The van der Waals surface area contributed by atoms with Gasteiger partial charge in [-0.3, -0.25) is 0 Å². The van der Waals surface area contributed by atoms with Crippen LogP contribution >= 0.6 is 0 Å². The van der Waals surface area contributed by atoms with Gasteiger partial charge in [0, 0.05) is 0 Å². The van der Waals surface area contributed by atoms with Crippen molar-refractivity contribution < 1.29 is 23.8 Å². The molecule has 0 amide bonds. The summed E-state index contributed by atoms with van der Waals surface area (Å²) < 4.78 is 14.5. The molecule has 0 aromatic heterocycles. The normalized spacial score (nSPS) is 9.32. The molecule has 0 radical (unpaired) electrons. The predicted octanol–water partition coefficient (Wildman–Crippen LogP) is 1.29. The van der Waals surface area contributed by atoms with E-state index in [1.807, 2.05) is 6.07 Å². The van der Waals surface area contributed by atoms with Gasteiger partial charge in [0.05, 0.1) is 25.3 Å². The Morgan fingerprint density at radius 1 is 1.37 bits per heavy atom. The van der Waals surface area contributed by atoms with E-state index in [9.17, 15) is 9.59 Å². The number of rotatable bonds is 5. The van der Waals surface area contributed by atoms with E-state index in [4.69, 9.17) is 14.7 Å². The van der Waals surface area contributed by atoms with E-state index in [1.54, 1.807) is 6.92 Å². The van der Waals surface area contributed by atoms with Crippen LogP contribution < -0.4 is 4.74 Å². The summed E-state index contributed by atoms with van der Waals surface area (Å²) in [6.45, 7) is 1.61. The van der Waals surface area contributed by atoms with Gasteiger partial charge in [0.15, 0.2) is 6.61 Å². The molecule has 0 unspecified atom stereocenters. The van der Waals surface area contributed by atoms with Crippen LogP contribution in [0.2, 0.25) is 0 Å². The Morgan fingerprint density at radius 2 is 2.11 bits per heavy atom. The van der Waals surface area contributed by atoms with E-state index >= 15 is 0 Å². The highest BCUT2D eigenvalue weighted by atomic mass is 16.6. The average Bonchev–Trinajstić information content (AvgIpc) is 2.44. The highest BCUT2D eigenvalue weighted by Crippen LogP contribution is 2.21. The second-order valence-corrected chi connectivity index (χ2v) is 3.41. The molecule has 1 aromatic rings. The molecule has 6 heteroatoms. The van der Waals surface area contributed by atoms with Gasteiger partial charge in [-0.25, -0.2) is 9.59 Å². The Labute approximate surface area is 110 Å². The molecular weight excluding hydrogens is 250 g/mol. The summed E-state index contributed by atoms with van der Waals surface area (Å²) in [5, 5.41) is 8.78. The number of ether oxygens (including phenoxy) is 3. The smallest absolute Gasteiger partial charge is 0.344 e. The van der Waals surface area contributed by atoms with E-state index in [0.29, 0.717) is 5.56 Å². The third kappa shape index (κ3) is 4.00. The molecule has 19 heavy (non-hydrogen) atoms. The highest BCUT2D eigenvalue weighted by Gasteiger charge is 2.15. The molecule has 0 aliphatic rings. The molecule has 100 valence electrons.